The third kappa shape index (κ3) is 7.38. The monoisotopic (exact) mass is 534 g/mol. The first-order valence-corrected chi connectivity index (χ1v) is 11.7. The van der Waals surface area contributed by atoms with E-state index in [1.165, 1.54) is 13.3 Å². The first-order valence-electron chi connectivity index (χ1n) is 11.7. The van der Waals surface area contributed by atoms with Crippen LogP contribution in [0.25, 0.3) is 0 Å². The molecule has 202 valence electrons. The van der Waals surface area contributed by atoms with Crippen LogP contribution in [-0.4, -0.2) is 51.6 Å². The molecule has 0 aromatic heterocycles. The Kier molecular flexibility index (Phi) is 8.80. The molecule has 0 radical (unpaired) electrons. The summed E-state index contributed by atoms with van der Waals surface area (Å²) in [7, 11) is 3.01. The first kappa shape index (κ1) is 26.8. The van der Waals surface area contributed by atoms with E-state index in [1.54, 1.807) is 67.8 Å². The SMILES string of the molecule is COc1ccc(NC(=O)COc2ccc(/C=N\NC(=O)C(=O)NCc3ccc4c(c3)OCO4)cc2OC)cc1. The lowest BCUT2D eigenvalue weighted by Gasteiger charge is -2.11. The smallest absolute Gasteiger partial charge is 0.329 e. The lowest BCUT2D eigenvalue weighted by molar-refractivity contribution is -0.139. The molecule has 4 rings (SSSR count). The summed E-state index contributed by atoms with van der Waals surface area (Å²) in [4.78, 5) is 36.4. The van der Waals surface area contributed by atoms with E-state index >= 15 is 0 Å². The molecule has 0 atom stereocenters. The number of amides is 3. The zero-order valence-electron chi connectivity index (χ0n) is 21.2. The van der Waals surface area contributed by atoms with Crippen LogP contribution >= 0.6 is 0 Å². The molecule has 12 nitrogen and oxygen atoms in total. The van der Waals surface area contributed by atoms with Crippen LogP contribution in [0.1, 0.15) is 11.1 Å². The molecule has 3 aromatic carbocycles. The Morgan fingerprint density at radius 3 is 2.46 bits per heavy atom. The van der Waals surface area contributed by atoms with Crippen molar-refractivity contribution >= 4 is 29.6 Å². The molecule has 0 bridgehead atoms. The van der Waals surface area contributed by atoms with E-state index in [0.29, 0.717) is 40.0 Å². The van der Waals surface area contributed by atoms with Gasteiger partial charge in [0.05, 0.1) is 20.4 Å². The number of carbonyl (C=O) groups excluding carboxylic acids is 3. The van der Waals surface area contributed by atoms with Crippen LogP contribution in [0.4, 0.5) is 5.69 Å². The highest BCUT2D eigenvalue weighted by atomic mass is 16.7. The zero-order valence-corrected chi connectivity index (χ0v) is 21.2. The van der Waals surface area contributed by atoms with E-state index in [9.17, 15) is 14.4 Å². The van der Waals surface area contributed by atoms with E-state index in [2.05, 4.69) is 21.2 Å². The minimum Gasteiger partial charge on any atom is -0.497 e. The molecule has 3 N–H and O–H groups in total. The molecule has 39 heavy (non-hydrogen) atoms. The second-order valence-electron chi connectivity index (χ2n) is 8.05. The third-order valence-electron chi connectivity index (χ3n) is 5.40. The van der Waals surface area contributed by atoms with Gasteiger partial charge in [-0.2, -0.15) is 5.10 Å². The average molecular weight is 535 g/mol. The number of rotatable bonds is 10. The Balaban J connectivity index is 1.24. The zero-order chi connectivity index (χ0) is 27.6. The number of ether oxygens (including phenoxy) is 5. The number of carbonyl (C=O) groups is 3. The number of anilines is 1. The Morgan fingerprint density at radius 1 is 0.897 bits per heavy atom. The first-order chi connectivity index (χ1) is 18.9. The second-order valence-corrected chi connectivity index (χ2v) is 8.05. The summed E-state index contributed by atoms with van der Waals surface area (Å²) in [5.41, 5.74) is 4.08. The molecule has 0 unspecified atom stereocenters. The van der Waals surface area contributed by atoms with Gasteiger partial charge in [0.1, 0.15) is 5.75 Å². The van der Waals surface area contributed by atoms with E-state index in [4.69, 9.17) is 23.7 Å². The number of hydrazone groups is 1. The fraction of sp³-hybridized carbons (Fsp3) is 0.185. The van der Waals surface area contributed by atoms with Crippen LogP contribution in [0, 0.1) is 0 Å². The van der Waals surface area contributed by atoms with Crippen molar-refractivity contribution in [2.24, 2.45) is 5.10 Å². The van der Waals surface area contributed by atoms with Crippen LogP contribution in [-0.2, 0) is 20.9 Å². The van der Waals surface area contributed by atoms with Crippen molar-refractivity contribution < 1.29 is 38.1 Å². The summed E-state index contributed by atoms with van der Waals surface area (Å²) in [5, 5.41) is 9.05. The molecular formula is C27H26N4O8. The highest BCUT2D eigenvalue weighted by molar-refractivity contribution is 6.35. The number of hydrogen-bond acceptors (Lipinski definition) is 9. The normalized spacial score (nSPS) is 11.5. The fourth-order valence-electron chi connectivity index (χ4n) is 3.43. The van der Waals surface area contributed by atoms with Gasteiger partial charge in [0.2, 0.25) is 6.79 Å². The van der Waals surface area contributed by atoms with Crippen LogP contribution in [0.5, 0.6) is 28.7 Å². The molecule has 1 aliphatic heterocycles. The van der Waals surface area contributed by atoms with Gasteiger partial charge in [0.15, 0.2) is 29.6 Å². The lowest BCUT2D eigenvalue weighted by Crippen LogP contribution is -2.37. The van der Waals surface area contributed by atoms with E-state index in [-0.39, 0.29) is 25.9 Å². The highest BCUT2D eigenvalue weighted by Gasteiger charge is 2.16. The van der Waals surface area contributed by atoms with Crippen molar-refractivity contribution in [1.29, 1.82) is 0 Å². The van der Waals surface area contributed by atoms with Crippen molar-refractivity contribution in [2.45, 2.75) is 6.54 Å². The van der Waals surface area contributed by atoms with Crippen molar-refractivity contribution in [3.8, 4) is 28.7 Å². The molecule has 0 saturated heterocycles. The summed E-state index contributed by atoms with van der Waals surface area (Å²) in [5.74, 6) is 0.449. The summed E-state index contributed by atoms with van der Waals surface area (Å²) >= 11 is 0. The predicted octanol–water partition coefficient (Wildman–Crippen LogP) is 2.22. The highest BCUT2D eigenvalue weighted by Crippen LogP contribution is 2.32. The Hall–Kier alpha value is -5.26. The lowest BCUT2D eigenvalue weighted by atomic mass is 10.2. The van der Waals surface area contributed by atoms with Crippen molar-refractivity contribution in [3.05, 3.63) is 71.8 Å². The standard InChI is InChI=1S/C27H26N4O8/c1-35-20-7-5-19(6-8-20)30-25(32)15-37-21-9-4-18(11-23(21)36-2)14-29-31-27(34)26(33)28-13-17-3-10-22-24(12-17)39-16-38-22/h3-12,14H,13,15-16H2,1-2H3,(H,28,33)(H,30,32)(H,31,34)/b29-14-. The van der Waals surface area contributed by atoms with Gasteiger partial charge in [-0.3, -0.25) is 14.4 Å². The van der Waals surface area contributed by atoms with Crippen LogP contribution in [0.2, 0.25) is 0 Å². The molecule has 0 fully saturated rings. The number of methoxy groups -OCH3 is 2. The molecule has 3 amide bonds. The third-order valence-corrected chi connectivity index (χ3v) is 5.40. The molecule has 12 heteroatoms. The van der Waals surface area contributed by atoms with E-state index < -0.39 is 11.8 Å². The van der Waals surface area contributed by atoms with Crippen LogP contribution < -0.4 is 39.7 Å². The van der Waals surface area contributed by atoms with Crippen LogP contribution in [0.3, 0.4) is 0 Å². The largest absolute Gasteiger partial charge is 0.497 e. The van der Waals surface area contributed by atoms with Gasteiger partial charge in [-0.25, -0.2) is 5.43 Å². The van der Waals surface area contributed by atoms with Gasteiger partial charge in [0, 0.05) is 12.2 Å². The average Bonchev–Trinajstić information content (AvgIpc) is 3.43. The molecule has 0 saturated carbocycles. The molecule has 1 aliphatic rings. The minimum absolute atomic E-state index is 0.128. The second kappa shape index (κ2) is 12.8. The van der Waals surface area contributed by atoms with E-state index in [0.717, 1.165) is 5.56 Å². The van der Waals surface area contributed by atoms with E-state index in [1.807, 2.05) is 0 Å². The van der Waals surface area contributed by atoms with Gasteiger partial charge in [-0.05, 0) is 65.7 Å². The summed E-state index contributed by atoms with van der Waals surface area (Å²) < 4.78 is 26.5. The maximum absolute atomic E-state index is 12.2. The van der Waals surface area contributed by atoms with Gasteiger partial charge in [-0.1, -0.05) is 6.07 Å². The topological polar surface area (TPSA) is 146 Å². The maximum Gasteiger partial charge on any atom is 0.329 e. The van der Waals surface area contributed by atoms with Gasteiger partial charge in [-0.15, -0.1) is 0 Å². The maximum atomic E-state index is 12.2. The van der Waals surface area contributed by atoms with Crippen LogP contribution in [0.15, 0.2) is 65.8 Å². The molecule has 1 heterocycles. The minimum atomic E-state index is -0.929. The number of hydrogen-bond donors (Lipinski definition) is 3. The Morgan fingerprint density at radius 2 is 1.69 bits per heavy atom. The molecule has 0 aliphatic carbocycles. The number of fused-ring (bicyclic) bond motifs is 1. The number of nitrogens with zero attached hydrogens (tertiary/aromatic N) is 1. The number of nitrogens with one attached hydrogen (secondary N) is 3. The molecule has 0 spiro atoms. The van der Waals surface area contributed by atoms with Crippen molar-refractivity contribution in [3.63, 3.8) is 0 Å². The quantitative estimate of drug-likeness (QED) is 0.204. The van der Waals surface area contributed by atoms with Crippen molar-refractivity contribution in [1.82, 2.24) is 10.7 Å². The fourth-order valence-corrected chi connectivity index (χ4v) is 3.43. The summed E-state index contributed by atoms with van der Waals surface area (Å²) in [6.07, 6.45) is 1.34. The van der Waals surface area contributed by atoms with Gasteiger partial charge in [0.25, 0.3) is 5.91 Å². The number of benzene rings is 3. The molecule has 3 aromatic rings. The molecular weight excluding hydrogens is 508 g/mol. The summed E-state index contributed by atoms with van der Waals surface area (Å²) in [6, 6.07) is 17.0. The van der Waals surface area contributed by atoms with Crippen molar-refractivity contribution in [2.75, 3.05) is 32.9 Å². The van der Waals surface area contributed by atoms with Gasteiger partial charge < -0.3 is 34.3 Å². The Labute approximate surface area is 223 Å². The Bertz CT molecular complexity index is 1370. The van der Waals surface area contributed by atoms with Gasteiger partial charge >= 0.3 is 11.8 Å². The summed E-state index contributed by atoms with van der Waals surface area (Å²) in [6.45, 7) is 0.0341. The predicted molar refractivity (Wildman–Crippen MR) is 140 cm³/mol.